The van der Waals surface area contributed by atoms with Crippen LogP contribution in [0.2, 0.25) is 0 Å². The van der Waals surface area contributed by atoms with Crippen molar-refractivity contribution in [2.24, 2.45) is 5.16 Å². The van der Waals surface area contributed by atoms with E-state index in [1.165, 1.54) is 28.4 Å². The molecule has 1 saturated heterocycles. The van der Waals surface area contributed by atoms with Gasteiger partial charge >= 0.3 is 5.97 Å². The summed E-state index contributed by atoms with van der Waals surface area (Å²) >= 11 is 3.78. The predicted molar refractivity (Wildman–Crippen MR) is 152 cm³/mol. The van der Waals surface area contributed by atoms with E-state index in [2.05, 4.69) is 44.5 Å². The molecule has 4 N–H and O–H groups in total. The number of nitrogen functional groups attached to an aromatic ring is 1. The number of β-lactam (4-membered cyclic amide) rings is 1. The lowest BCUT2D eigenvalue weighted by Crippen LogP contribution is -2.71. The third-order valence-electron chi connectivity index (χ3n) is 5.94. The fourth-order valence-electron chi connectivity index (χ4n) is 4.00. The van der Waals surface area contributed by atoms with Gasteiger partial charge < -0.3 is 21.0 Å². The van der Waals surface area contributed by atoms with Crippen molar-refractivity contribution in [1.29, 1.82) is 0 Å². The number of oxime groups is 1. The second-order valence-electron chi connectivity index (χ2n) is 8.74. The number of unbranched alkanes of at least 4 members (excludes halogenated alkanes) is 3. The van der Waals surface area contributed by atoms with Crippen molar-refractivity contribution in [1.82, 2.24) is 35.4 Å². The van der Waals surface area contributed by atoms with E-state index >= 15 is 0 Å². The van der Waals surface area contributed by atoms with E-state index in [9.17, 15) is 19.5 Å². The van der Waals surface area contributed by atoms with Gasteiger partial charge in [-0.1, -0.05) is 42.8 Å². The molecule has 40 heavy (non-hydrogen) atoms. The largest absolute Gasteiger partial charge is 0.477 e. The number of carboxylic acids is 1. The number of nitrogens with two attached hydrogens (primary N) is 1. The number of aromatic nitrogens is 5. The number of nitrogens with one attached hydrogen (secondary N) is 1. The Morgan fingerprint density at radius 2 is 2.23 bits per heavy atom. The molecule has 2 atom stereocenters. The molecule has 2 aromatic heterocycles. The smallest absolute Gasteiger partial charge is 0.352 e. The number of thioether (sulfide) groups is 2. The number of thiazole rings is 1. The van der Waals surface area contributed by atoms with Gasteiger partial charge in [-0.05, 0) is 28.8 Å². The Morgan fingerprint density at radius 1 is 1.40 bits per heavy atom. The molecule has 0 aliphatic carbocycles. The molecular formula is C23H29N9O5S3. The molecule has 2 aliphatic rings. The minimum Gasteiger partial charge on any atom is -0.477 e. The highest BCUT2D eigenvalue weighted by molar-refractivity contribution is 8.01. The molecule has 14 nitrogen and oxygen atoms in total. The highest BCUT2D eigenvalue weighted by Crippen LogP contribution is 2.41. The van der Waals surface area contributed by atoms with E-state index in [0.29, 0.717) is 29.6 Å². The molecule has 0 spiro atoms. The van der Waals surface area contributed by atoms with Crippen molar-refractivity contribution >= 4 is 63.5 Å². The van der Waals surface area contributed by atoms with Crippen LogP contribution in [0.15, 0.2) is 39.6 Å². The second-order valence-corrected chi connectivity index (χ2v) is 11.7. The number of fused-ring (bicyclic) bond motifs is 1. The highest BCUT2D eigenvalue weighted by atomic mass is 32.2. The van der Waals surface area contributed by atoms with Gasteiger partial charge in [-0.2, -0.15) is 0 Å². The molecule has 214 valence electrons. The van der Waals surface area contributed by atoms with Crippen molar-refractivity contribution in [2.45, 2.75) is 55.7 Å². The number of carbonyl (C=O) groups excluding carboxylic acids is 2. The van der Waals surface area contributed by atoms with Gasteiger partial charge in [0.05, 0.1) is 6.54 Å². The quantitative estimate of drug-likeness (QED) is 0.0664. The summed E-state index contributed by atoms with van der Waals surface area (Å²) in [6.07, 6.45) is 5.57. The van der Waals surface area contributed by atoms with Crippen LogP contribution >= 0.6 is 34.9 Å². The number of carboxylic acid groups (broad SMARTS) is 1. The summed E-state index contributed by atoms with van der Waals surface area (Å²) in [5, 5.41) is 29.9. The molecular weight excluding hydrogens is 579 g/mol. The molecule has 0 radical (unpaired) electrons. The maximum atomic E-state index is 13.2. The van der Waals surface area contributed by atoms with Gasteiger partial charge in [-0.15, -0.1) is 34.8 Å². The van der Waals surface area contributed by atoms with Gasteiger partial charge in [0.1, 0.15) is 29.4 Å². The first-order valence-electron chi connectivity index (χ1n) is 12.5. The highest BCUT2D eigenvalue weighted by Gasteiger charge is 2.54. The molecule has 2 aliphatic heterocycles. The minimum atomic E-state index is -1.22. The van der Waals surface area contributed by atoms with Crippen LogP contribution in [0.5, 0.6) is 0 Å². The van der Waals surface area contributed by atoms with Crippen molar-refractivity contribution in [3.63, 3.8) is 0 Å². The first-order valence-corrected chi connectivity index (χ1v) is 15.4. The number of tetrazole rings is 1. The molecule has 2 aromatic rings. The van der Waals surface area contributed by atoms with E-state index < -0.39 is 29.2 Å². The third-order valence-corrected chi connectivity index (χ3v) is 8.99. The van der Waals surface area contributed by atoms with Gasteiger partial charge in [0.2, 0.25) is 5.16 Å². The average Bonchev–Trinajstić information content (AvgIpc) is 3.57. The summed E-state index contributed by atoms with van der Waals surface area (Å²) in [6.45, 7) is 6.51. The predicted octanol–water partition coefficient (Wildman–Crippen LogP) is 1.73. The van der Waals surface area contributed by atoms with Gasteiger partial charge in [0, 0.05) is 16.9 Å². The fraction of sp³-hybridized carbons (Fsp3) is 0.478. The van der Waals surface area contributed by atoms with E-state index in [1.54, 1.807) is 16.1 Å². The summed E-state index contributed by atoms with van der Waals surface area (Å²) in [5.74, 6) is -1.78. The zero-order valence-corrected chi connectivity index (χ0v) is 24.1. The van der Waals surface area contributed by atoms with Crippen LogP contribution in [0.1, 0.15) is 38.3 Å². The molecule has 1 fully saturated rings. The van der Waals surface area contributed by atoms with Crippen LogP contribution in [0, 0.1) is 0 Å². The number of rotatable bonds is 15. The zero-order valence-electron chi connectivity index (χ0n) is 21.7. The van der Waals surface area contributed by atoms with E-state index in [1.807, 2.05) is 0 Å². The van der Waals surface area contributed by atoms with E-state index in [-0.39, 0.29) is 28.0 Å². The summed E-state index contributed by atoms with van der Waals surface area (Å²) in [7, 11) is 0. The first-order chi connectivity index (χ1) is 19.3. The van der Waals surface area contributed by atoms with Crippen molar-refractivity contribution in [2.75, 3.05) is 23.8 Å². The number of carbonyl (C=O) groups is 3. The molecule has 2 unspecified atom stereocenters. The molecule has 0 bridgehead atoms. The number of aliphatic carboxylic acids is 1. The van der Waals surface area contributed by atoms with Crippen LogP contribution in [0.25, 0.3) is 0 Å². The summed E-state index contributed by atoms with van der Waals surface area (Å²) < 4.78 is 1.54. The van der Waals surface area contributed by atoms with Crippen LogP contribution in [-0.2, 0) is 25.8 Å². The fourth-order valence-corrected chi connectivity index (χ4v) is 6.92. The molecule has 0 saturated carbocycles. The SMILES string of the molecule is C=CCn1nnnc1SCC1=C(C(=O)O)N2C(=O)C(NC(=O)/C(=N/OCCCCCC)c3csc(N)n3)C2SC1. The molecule has 4 heterocycles. The Bertz CT molecular complexity index is 1320. The Labute approximate surface area is 242 Å². The van der Waals surface area contributed by atoms with Crippen molar-refractivity contribution < 1.29 is 24.3 Å². The number of hydrogen-bond donors (Lipinski definition) is 3. The zero-order chi connectivity index (χ0) is 28.6. The molecule has 0 aromatic carbocycles. The van der Waals surface area contributed by atoms with Crippen molar-refractivity contribution in [3.8, 4) is 0 Å². The lowest BCUT2D eigenvalue weighted by Gasteiger charge is -2.49. The first kappa shape index (κ1) is 29.5. The van der Waals surface area contributed by atoms with Crippen LogP contribution < -0.4 is 11.1 Å². The van der Waals surface area contributed by atoms with Gasteiger partial charge in [-0.25, -0.2) is 14.5 Å². The average molecular weight is 608 g/mol. The van der Waals surface area contributed by atoms with E-state index in [4.69, 9.17) is 10.6 Å². The maximum absolute atomic E-state index is 13.2. The standard InChI is InChI=1S/C23H29N9O5S3/c1-3-5-6-7-9-37-28-15(14-12-39-22(24)25-14)18(33)26-16-19(34)32-17(21(35)36)13(10-38-20(16)32)11-40-23-27-29-30-31(23)8-4-2/h4,12,16,20H,2-3,5-11H2,1H3,(H2,24,25)(H,26,33)(H,35,36)/b28-15+. The number of nitrogens with zero attached hydrogens (tertiary/aromatic N) is 7. The minimum absolute atomic E-state index is 0.0916. The number of allylic oxidation sites excluding steroid dienone is 1. The van der Waals surface area contributed by atoms with Gasteiger partial charge in [0.15, 0.2) is 10.8 Å². The van der Waals surface area contributed by atoms with Crippen LogP contribution in [0.3, 0.4) is 0 Å². The summed E-state index contributed by atoms with van der Waals surface area (Å²) in [6, 6.07) is -0.938. The monoisotopic (exact) mass is 607 g/mol. The van der Waals surface area contributed by atoms with Crippen molar-refractivity contribution in [3.05, 3.63) is 35.0 Å². The third kappa shape index (κ3) is 6.64. The number of hydrogen-bond acceptors (Lipinski definition) is 13. The van der Waals surface area contributed by atoms with E-state index in [0.717, 1.165) is 37.0 Å². The second kappa shape index (κ2) is 13.8. The number of amides is 2. The normalized spacial score (nSPS) is 18.8. The lowest BCUT2D eigenvalue weighted by molar-refractivity contribution is -0.150. The lowest BCUT2D eigenvalue weighted by atomic mass is 10.0. The van der Waals surface area contributed by atoms with Crippen LogP contribution in [-0.4, -0.2) is 88.2 Å². The summed E-state index contributed by atoms with van der Waals surface area (Å²) in [5.41, 5.74) is 6.35. The Balaban J connectivity index is 1.44. The van der Waals surface area contributed by atoms with Crippen LogP contribution in [0.4, 0.5) is 5.13 Å². The van der Waals surface area contributed by atoms with Gasteiger partial charge in [0.25, 0.3) is 11.8 Å². The number of anilines is 1. The van der Waals surface area contributed by atoms with Gasteiger partial charge in [-0.3, -0.25) is 14.5 Å². The molecule has 4 rings (SSSR count). The molecule has 17 heteroatoms. The topological polar surface area (TPSA) is 191 Å². The maximum Gasteiger partial charge on any atom is 0.352 e. The Kier molecular flexibility index (Phi) is 10.2. The molecule has 2 amide bonds. The summed E-state index contributed by atoms with van der Waals surface area (Å²) in [4.78, 5) is 49.3. The Morgan fingerprint density at radius 3 is 2.92 bits per heavy atom. The Hall–Kier alpha value is -3.44.